The molecule has 0 heterocycles. The lowest BCUT2D eigenvalue weighted by molar-refractivity contribution is -0.143. The molecule has 11 nitrogen and oxygen atoms in total. The summed E-state index contributed by atoms with van der Waals surface area (Å²) in [6.45, 7) is -0.182. The summed E-state index contributed by atoms with van der Waals surface area (Å²) < 4.78 is 23.5. The van der Waals surface area contributed by atoms with Gasteiger partial charge in [-0.3, -0.25) is 9.59 Å². The lowest BCUT2D eigenvalue weighted by atomic mass is 9.80. The molecule has 0 radical (unpaired) electrons. The quantitative estimate of drug-likeness (QED) is 0.0839. The lowest BCUT2D eigenvalue weighted by Gasteiger charge is -2.37. The molecular weight excluding hydrogens is 690 g/mol. The smallest absolute Gasteiger partial charge is 0.407 e. The van der Waals surface area contributed by atoms with E-state index in [9.17, 15) is 19.5 Å². The highest BCUT2D eigenvalue weighted by Gasteiger charge is 2.39. The Morgan fingerprint density at radius 2 is 1.09 bits per heavy atom. The number of amides is 1. The Morgan fingerprint density at radius 3 is 1.54 bits per heavy atom. The molecule has 4 N–H and O–H groups in total. The molecule has 5 aromatic carbocycles. The van der Waals surface area contributed by atoms with Crippen molar-refractivity contribution in [3.8, 4) is 22.6 Å². The number of nitrogens with one attached hydrogen (secondary N) is 1. The third-order valence-electron chi connectivity index (χ3n) is 9.11. The number of rotatable bonds is 15. The number of ether oxygens (including phenoxy) is 4. The molecule has 0 saturated carbocycles. The molecule has 1 unspecified atom stereocenters. The summed E-state index contributed by atoms with van der Waals surface area (Å²) in [5.41, 5.74) is 6.06. The molecule has 1 atom stereocenters. The average molecular weight is 734 g/mol. The minimum atomic E-state index is -1.09. The van der Waals surface area contributed by atoms with Crippen LogP contribution < -0.4 is 14.8 Å². The highest BCUT2D eigenvalue weighted by Crippen LogP contribution is 2.45. The van der Waals surface area contributed by atoms with E-state index in [1.54, 1.807) is 14.2 Å². The summed E-state index contributed by atoms with van der Waals surface area (Å²) in [5.74, 6) is -0.797. The largest absolute Gasteiger partial charge is 0.497 e. The number of fused-ring (bicyclic) bond motifs is 3. The molecule has 11 heteroatoms. The summed E-state index contributed by atoms with van der Waals surface area (Å²) in [7, 11) is 3.25. The van der Waals surface area contributed by atoms with E-state index in [0.29, 0.717) is 11.5 Å². The number of benzene rings is 5. The molecule has 0 saturated heterocycles. The highest BCUT2D eigenvalue weighted by molar-refractivity contribution is 5.79. The number of aliphatic hydroxyl groups is 1. The fourth-order valence-corrected chi connectivity index (χ4v) is 6.46. The number of alkyl carbamates (subject to hydrolysis) is 1. The van der Waals surface area contributed by atoms with Gasteiger partial charge in [0.05, 0.1) is 46.3 Å². The van der Waals surface area contributed by atoms with Gasteiger partial charge in [-0.1, -0.05) is 103 Å². The number of aliphatic carboxylic acids is 2. The molecule has 1 amide bonds. The Kier molecular flexibility index (Phi) is 13.4. The van der Waals surface area contributed by atoms with Crippen LogP contribution in [-0.4, -0.2) is 73.4 Å². The van der Waals surface area contributed by atoms with Crippen molar-refractivity contribution >= 4 is 18.0 Å². The number of aliphatic hydroxyl groups excluding tert-OH is 1. The van der Waals surface area contributed by atoms with Gasteiger partial charge < -0.3 is 39.6 Å². The second-order valence-corrected chi connectivity index (χ2v) is 12.5. The van der Waals surface area contributed by atoms with E-state index in [2.05, 4.69) is 29.6 Å². The van der Waals surface area contributed by atoms with Gasteiger partial charge in [0.2, 0.25) is 0 Å². The van der Waals surface area contributed by atoms with Gasteiger partial charge in [0, 0.05) is 5.92 Å². The van der Waals surface area contributed by atoms with Crippen LogP contribution in [-0.2, 0) is 24.7 Å². The number of carboxylic acid groups (broad SMARTS) is 2. The summed E-state index contributed by atoms with van der Waals surface area (Å²) >= 11 is 0. The molecular formula is C43H43NO10. The van der Waals surface area contributed by atoms with E-state index < -0.39 is 29.7 Å². The minimum absolute atomic E-state index is 0.00630. The van der Waals surface area contributed by atoms with Gasteiger partial charge in [-0.15, -0.1) is 0 Å². The van der Waals surface area contributed by atoms with E-state index in [-0.39, 0.29) is 38.6 Å². The van der Waals surface area contributed by atoms with Crippen LogP contribution in [0.1, 0.15) is 46.6 Å². The first-order valence-corrected chi connectivity index (χ1v) is 17.3. The van der Waals surface area contributed by atoms with E-state index in [4.69, 9.17) is 29.2 Å². The van der Waals surface area contributed by atoms with E-state index in [0.717, 1.165) is 38.9 Å². The number of hydrogen-bond donors (Lipinski definition) is 4. The molecule has 5 aromatic rings. The topological polar surface area (TPSA) is 161 Å². The SMILES string of the molecule is COc1ccc(C(OCC(CO)NC(=O)OCC2c3ccccc3-c3ccccc32)(c2ccccc2)c2ccc(OC)cc2)cc1.O=C(O)CCC(=O)O. The number of carbonyl (C=O) groups is 3. The van der Waals surface area contributed by atoms with Gasteiger partial charge in [0.25, 0.3) is 0 Å². The van der Waals surface area contributed by atoms with Crippen molar-refractivity contribution in [2.24, 2.45) is 0 Å². The van der Waals surface area contributed by atoms with Gasteiger partial charge in [0.1, 0.15) is 23.7 Å². The van der Waals surface area contributed by atoms with Gasteiger partial charge in [-0.25, -0.2) is 4.79 Å². The van der Waals surface area contributed by atoms with Crippen LogP contribution in [0.25, 0.3) is 11.1 Å². The number of methoxy groups -OCH3 is 2. The highest BCUT2D eigenvalue weighted by atomic mass is 16.6. The molecule has 54 heavy (non-hydrogen) atoms. The molecule has 0 aromatic heterocycles. The first-order chi connectivity index (χ1) is 26.2. The molecule has 0 spiro atoms. The molecule has 280 valence electrons. The molecule has 0 fully saturated rings. The van der Waals surface area contributed by atoms with Crippen molar-refractivity contribution in [1.82, 2.24) is 5.32 Å². The van der Waals surface area contributed by atoms with Crippen LogP contribution in [0.15, 0.2) is 127 Å². The maximum Gasteiger partial charge on any atom is 0.407 e. The third-order valence-corrected chi connectivity index (χ3v) is 9.11. The standard InChI is InChI=1S/C39H37NO6.C4H6O4/c1-43-31-20-16-28(17-21-31)39(27-10-4-3-5-11-27,29-18-22-32(44-2)23-19-29)46-25-30(24-41)40-38(42)45-26-37-35-14-8-6-12-33(35)34-13-7-9-15-36(34)37;5-3(6)1-2-4(7)8/h3-23,30,37,41H,24-26H2,1-2H3,(H,40,42);1-2H2,(H,5,6)(H,7,8). The monoisotopic (exact) mass is 733 g/mol. The van der Waals surface area contributed by atoms with Crippen LogP contribution in [0.4, 0.5) is 4.79 Å². The van der Waals surface area contributed by atoms with Crippen molar-refractivity contribution in [3.63, 3.8) is 0 Å². The fraction of sp³-hybridized carbons (Fsp3) is 0.233. The Balaban J connectivity index is 0.000000631. The second-order valence-electron chi connectivity index (χ2n) is 12.5. The average Bonchev–Trinajstić information content (AvgIpc) is 3.53. The molecule has 6 rings (SSSR count). The molecule has 1 aliphatic rings. The Labute approximate surface area is 313 Å². The van der Waals surface area contributed by atoms with Gasteiger partial charge in [-0.2, -0.15) is 0 Å². The summed E-state index contributed by atoms with van der Waals surface area (Å²) in [5, 5.41) is 29.0. The van der Waals surface area contributed by atoms with Crippen molar-refractivity contribution in [2.45, 2.75) is 30.4 Å². The van der Waals surface area contributed by atoms with Crippen molar-refractivity contribution in [2.75, 3.05) is 34.0 Å². The van der Waals surface area contributed by atoms with Gasteiger partial charge in [0.15, 0.2) is 0 Å². The summed E-state index contributed by atoms with van der Waals surface area (Å²) in [6, 6.07) is 40.9. The van der Waals surface area contributed by atoms with Crippen molar-refractivity contribution < 1.29 is 48.7 Å². The van der Waals surface area contributed by atoms with Gasteiger partial charge >= 0.3 is 18.0 Å². The Morgan fingerprint density at radius 1 is 0.648 bits per heavy atom. The number of hydrogen-bond acceptors (Lipinski definition) is 8. The third kappa shape index (κ3) is 9.24. The van der Waals surface area contributed by atoms with Gasteiger partial charge in [-0.05, 0) is 63.2 Å². The fourth-order valence-electron chi connectivity index (χ4n) is 6.46. The van der Waals surface area contributed by atoms with Crippen LogP contribution in [0.5, 0.6) is 11.5 Å². The van der Waals surface area contributed by atoms with E-state index >= 15 is 0 Å². The maximum absolute atomic E-state index is 13.1. The normalized spacial score (nSPS) is 12.3. The predicted molar refractivity (Wildman–Crippen MR) is 202 cm³/mol. The maximum atomic E-state index is 13.1. The zero-order valence-electron chi connectivity index (χ0n) is 30.0. The van der Waals surface area contributed by atoms with Crippen molar-refractivity contribution in [1.29, 1.82) is 0 Å². The second kappa shape index (κ2) is 18.5. The van der Waals surface area contributed by atoms with Crippen LogP contribution >= 0.6 is 0 Å². The summed E-state index contributed by atoms with van der Waals surface area (Å²) in [6.07, 6.45) is -1.21. The molecule has 1 aliphatic carbocycles. The van der Waals surface area contributed by atoms with E-state index in [1.807, 2.05) is 103 Å². The zero-order valence-corrected chi connectivity index (χ0v) is 30.0. The number of carboxylic acids is 2. The predicted octanol–water partition coefficient (Wildman–Crippen LogP) is 6.85. The van der Waals surface area contributed by atoms with Crippen molar-refractivity contribution in [3.05, 3.63) is 155 Å². The van der Waals surface area contributed by atoms with Crippen LogP contribution in [0.3, 0.4) is 0 Å². The Bertz CT molecular complexity index is 1890. The summed E-state index contributed by atoms with van der Waals surface area (Å²) in [4.78, 5) is 32.4. The van der Waals surface area contributed by atoms with Crippen LogP contribution in [0.2, 0.25) is 0 Å². The van der Waals surface area contributed by atoms with Crippen LogP contribution in [0, 0.1) is 0 Å². The Hall–Kier alpha value is -6.17. The lowest BCUT2D eigenvalue weighted by Crippen LogP contribution is -2.44. The first-order valence-electron chi connectivity index (χ1n) is 17.3. The minimum Gasteiger partial charge on any atom is -0.497 e. The molecule has 0 aliphatic heterocycles. The molecule has 0 bridgehead atoms. The zero-order chi connectivity index (χ0) is 38.5. The first kappa shape index (κ1) is 39.0. The number of carbonyl (C=O) groups excluding carboxylic acids is 1. The van der Waals surface area contributed by atoms with E-state index in [1.165, 1.54) is 0 Å².